The number of halogens is 1. The standard InChI is InChI=1S/C13H14ClNO4S/c1-13(16,12-7-4-8-19-12)9-15-20(17,18)11-6-3-2-5-10(11)14/h2-8,15-16H,9H2,1H3. The van der Waals surface area contributed by atoms with Gasteiger partial charge in [-0.25, -0.2) is 13.1 Å². The highest BCUT2D eigenvalue weighted by Crippen LogP contribution is 2.23. The van der Waals surface area contributed by atoms with Crippen LogP contribution in [0, 0.1) is 0 Å². The topological polar surface area (TPSA) is 79.5 Å². The van der Waals surface area contributed by atoms with Crippen LogP contribution in [0.25, 0.3) is 0 Å². The summed E-state index contributed by atoms with van der Waals surface area (Å²) in [6, 6.07) is 9.29. The highest BCUT2D eigenvalue weighted by atomic mass is 35.5. The van der Waals surface area contributed by atoms with Crippen LogP contribution < -0.4 is 4.72 Å². The molecule has 1 heterocycles. The normalized spacial score (nSPS) is 14.9. The van der Waals surface area contributed by atoms with E-state index in [-0.39, 0.29) is 22.2 Å². The minimum Gasteiger partial charge on any atom is -0.466 e. The quantitative estimate of drug-likeness (QED) is 0.885. The molecule has 2 rings (SSSR count). The van der Waals surface area contributed by atoms with E-state index >= 15 is 0 Å². The molecule has 0 spiro atoms. The van der Waals surface area contributed by atoms with Crippen molar-refractivity contribution in [3.05, 3.63) is 53.4 Å². The second kappa shape index (κ2) is 5.57. The number of furan rings is 1. The van der Waals surface area contributed by atoms with Crippen LogP contribution in [0.3, 0.4) is 0 Å². The van der Waals surface area contributed by atoms with Gasteiger partial charge in [0.1, 0.15) is 16.3 Å². The van der Waals surface area contributed by atoms with Gasteiger partial charge >= 0.3 is 0 Å². The molecule has 0 amide bonds. The lowest BCUT2D eigenvalue weighted by Crippen LogP contribution is -2.38. The van der Waals surface area contributed by atoms with E-state index in [2.05, 4.69) is 4.72 Å². The predicted octanol–water partition coefficient (Wildman–Crippen LogP) is 2.12. The fraction of sp³-hybridized carbons (Fsp3) is 0.231. The van der Waals surface area contributed by atoms with Gasteiger partial charge in [-0.2, -0.15) is 0 Å². The molecule has 7 heteroatoms. The zero-order chi connectivity index (χ0) is 14.8. The molecule has 5 nitrogen and oxygen atoms in total. The highest BCUT2D eigenvalue weighted by Gasteiger charge is 2.29. The lowest BCUT2D eigenvalue weighted by Gasteiger charge is -2.21. The number of sulfonamides is 1. The van der Waals surface area contributed by atoms with Gasteiger partial charge in [0.2, 0.25) is 10.0 Å². The van der Waals surface area contributed by atoms with E-state index in [1.807, 2.05) is 0 Å². The van der Waals surface area contributed by atoms with E-state index in [9.17, 15) is 13.5 Å². The lowest BCUT2D eigenvalue weighted by molar-refractivity contribution is 0.0395. The van der Waals surface area contributed by atoms with Crippen LogP contribution in [0.15, 0.2) is 52.0 Å². The summed E-state index contributed by atoms with van der Waals surface area (Å²) in [6.07, 6.45) is 1.41. The molecule has 0 saturated heterocycles. The van der Waals surface area contributed by atoms with Crippen LogP contribution in [0.2, 0.25) is 5.02 Å². The fourth-order valence-electron chi connectivity index (χ4n) is 1.65. The van der Waals surface area contributed by atoms with Crippen molar-refractivity contribution in [2.45, 2.75) is 17.4 Å². The van der Waals surface area contributed by atoms with E-state index in [0.717, 1.165) is 0 Å². The van der Waals surface area contributed by atoms with Gasteiger partial charge in [0.25, 0.3) is 0 Å². The third-order valence-corrected chi connectivity index (χ3v) is 4.69. The third kappa shape index (κ3) is 3.21. The summed E-state index contributed by atoms with van der Waals surface area (Å²) in [7, 11) is -3.80. The second-order valence-corrected chi connectivity index (χ2v) is 6.65. The van der Waals surface area contributed by atoms with Crippen molar-refractivity contribution in [1.82, 2.24) is 4.72 Å². The van der Waals surface area contributed by atoms with Crippen molar-refractivity contribution >= 4 is 21.6 Å². The fourth-order valence-corrected chi connectivity index (χ4v) is 3.30. The summed E-state index contributed by atoms with van der Waals surface area (Å²) in [6.45, 7) is 1.23. The smallest absolute Gasteiger partial charge is 0.242 e. The Morgan fingerprint density at radius 3 is 2.60 bits per heavy atom. The molecule has 0 fully saturated rings. The van der Waals surface area contributed by atoms with Crippen LogP contribution in [0.4, 0.5) is 0 Å². The minimum absolute atomic E-state index is 0.0306. The highest BCUT2D eigenvalue weighted by molar-refractivity contribution is 7.89. The number of hydrogen-bond acceptors (Lipinski definition) is 4. The summed E-state index contributed by atoms with van der Waals surface area (Å²) in [5, 5.41) is 10.3. The summed E-state index contributed by atoms with van der Waals surface area (Å²) >= 11 is 5.86. The SMILES string of the molecule is CC(O)(CNS(=O)(=O)c1ccccc1Cl)c1ccco1. The Morgan fingerprint density at radius 1 is 1.30 bits per heavy atom. The van der Waals surface area contributed by atoms with E-state index < -0.39 is 15.6 Å². The zero-order valence-corrected chi connectivity index (χ0v) is 12.3. The largest absolute Gasteiger partial charge is 0.466 e. The number of benzene rings is 1. The molecule has 0 radical (unpaired) electrons. The Morgan fingerprint density at radius 2 is 2.00 bits per heavy atom. The molecule has 2 aromatic rings. The maximum absolute atomic E-state index is 12.1. The monoisotopic (exact) mass is 315 g/mol. The van der Waals surface area contributed by atoms with Crippen LogP contribution >= 0.6 is 11.6 Å². The van der Waals surface area contributed by atoms with Gasteiger partial charge in [0, 0.05) is 6.54 Å². The number of rotatable bonds is 5. The average Bonchev–Trinajstić information content (AvgIpc) is 2.92. The maximum atomic E-state index is 12.1. The molecule has 1 unspecified atom stereocenters. The Kier molecular flexibility index (Phi) is 4.19. The number of aliphatic hydroxyl groups is 1. The van der Waals surface area contributed by atoms with Crippen molar-refractivity contribution in [2.24, 2.45) is 0 Å². The van der Waals surface area contributed by atoms with Gasteiger partial charge in [-0.3, -0.25) is 0 Å². The molecule has 0 saturated carbocycles. The molecule has 1 atom stereocenters. The molecular formula is C13H14ClNO4S. The first-order chi connectivity index (χ1) is 9.33. The molecule has 0 bridgehead atoms. The first-order valence-corrected chi connectivity index (χ1v) is 7.69. The van der Waals surface area contributed by atoms with Gasteiger partial charge < -0.3 is 9.52 Å². The van der Waals surface area contributed by atoms with Crippen molar-refractivity contribution in [3.63, 3.8) is 0 Å². The molecule has 0 aliphatic carbocycles. The van der Waals surface area contributed by atoms with Crippen LogP contribution in [-0.2, 0) is 15.6 Å². The Hall–Kier alpha value is -1.34. The van der Waals surface area contributed by atoms with Crippen molar-refractivity contribution in [3.8, 4) is 0 Å². The zero-order valence-electron chi connectivity index (χ0n) is 10.7. The first kappa shape index (κ1) is 15.1. The molecule has 2 N–H and O–H groups in total. The minimum atomic E-state index is -3.80. The summed E-state index contributed by atoms with van der Waals surface area (Å²) in [5.74, 6) is 0.277. The van der Waals surface area contributed by atoms with Crippen molar-refractivity contribution < 1.29 is 17.9 Å². The molecule has 108 valence electrons. The lowest BCUT2D eigenvalue weighted by atomic mass is 10.1. The van der Waals surface area contributed by atoms with Gasteiger partial charge in [-0.1, -0.05) is 23.7 Å². The second-order valence-electron chi connectivity index (χ2n) is 4.51. The van der Waals surface area contributed by atoms with E-state index in [4.69, 9.17) is 16.0 Å². The summed E-state index contributed by atoms with van der Waals surface area (Å²) in [5.41, 5.74) is -1.45. The third-order valence-electron chi connectivity index (χ3n) is 2.78. The van der Waals surface area contributed by atoms with E-state index in [1.165, 1.54) is 25.3 Å². The average molecular weight is 316 g/mol. The van der Waals surface area contributed by atoms with E-state index in [1.54, 1.807) is 24.3 Å². The Labute approximate surface area is 122 Å². The van der Waals surface area contributed by atoms with Gasteiger partial charge in [0.15, 0.2) is 0 Å². The molecule has 1 aromatic carbocycles. The van der Waals surface area contributed by atoms with Crippen molar-refractivity contribution in [1.29, 1.82) is 0 Å². The van der Waals surface area contributed by atoms with Crippen LogP contribution in [0.5, 0.6) is 0 Å². The molecule has 0 aliphatic heterocycles. The van der Waals surface area contributed by atoms with Gasteiger partial charge in [-0.05, 0) is 31.2 Å². The molecule has 1 aromatic heterocycles. The summed E-state index contributed by atoms with van der Waals surface area (Å²) in [4.78, 5) is -0.0306. The van der Waals surface area contributed by atoms with Crippen LogP contribution in [0.1, 0.15) is 12.7 Å². The first-order valence-electron chi connectivity index (χ1n) is 5.83. The molecular weight excluding hydrogens is 302 g/mol. The molecule has 20 heavy (non-hydrogen) atoms. The predicted molar refractivity (Wildman–Crippen MR) is 74.9 cm³/mol. The number of hydrogen-bond donors (Lipinski definition) is 2. The van der Waals surface area contributed by atoms with Crippen LogP contribution in [-0.4, -0.2) is 20.1 Å². The van der Waals surface area contributed by atoms with Crippen molar-refractivity contribution in [2.75, 3.05) is 6.54 Å². The Balaban J connectivity index is 2.17. The molecule has 0 aliphatic rings. The number of nitrogens with one attached hydrogen (secondary N) is 1. The summed E-state index contributed by atoms with van der Waals surface area (Å²) < 4.78 is 31.7. The van der Waals surface area contributed by atoms with Gasteiger partial charge in [-0.15, -0.1) is 0 Å². The van der Waals surface area contributed by atoms with Gasteiger partial charge in [0.05, 0.1) is 11.3 Å². The maximum Gasteiger partial charge on any atom is 0.242 e. The Bertz CT molecular complexity index is 680. The van der Waals surface area contributed by atoms with E-state index in [0.29, 0.717) is 0 Å².